The fourth-order valence-electron chi connectivity index (χ4n) is 3.55. The van der Waals surface area contributed by atoms with Gasteiger partial charge in [-0.1, -0.05) is 32.9 Å². The predicted molar refractivity (Wildman–Crippen MR) is 117 cm³/mol. The monoisotopic (exact) mass is 425 g/mol. The molecule has 0 radical (unpaired) electrons. The standard InChI is InChI=1S/C23H28FN5O2/c1-23(2,3)20-15-21-26-18(22(30)25-7-8-28-9-11-31-12-10-28)14-19(29(21)27-20)16-5-4-6-17(24)13-16/h4-6,13-15H,7-12H2,1-3H3,(H,25,30). The number of hydrogen-bond acceptors (Lipinski definition) is 5. The van der Waals surface area contributed by atoms with Gasteiger partial charge in [-0.25, -0.2) is 13.9 Å². The van der Waals surface area contributed by atoms with E-state index < -0.39 is 0 Å². The van der Waals surface area contributed by atoms with Crippen molar-refractivity contribution in [3.8, 4) is 11.3 Å². The maximum atomic E-state index is 13.9. The van der Waals surface area contributed by atoms with Crippen molar-refractivity contribution in [2.45, 2.75) is 26.2 Å². The van der Waals surface area contributed by atoms with Gasteiger partial charge in [0.1, 0.15) is 11.5 Å². The summed E-state index contributed by atoms with van der Waals surface area (Å²) in [7, 11) is 0. The van der Waals surface area contributed by atoms with Crippen LogP contribution in [0.4, 0.5) is 4.39 Å². The molecule has 31 heavy (non-hydrogen) atoms. The lowest BCUT2D eigenvalue weighted by Gasteiger charge is -2.26. The van der Waals surface area contributed by atoms with Crippen LogP contribution < -0.4 is 5.32 Å². The summed E-state index contributed by atoms with van der Waals surface area (Å²) in [6, 6.07) is 9.83. The summed E-state index contributed by atoms with van der Waals surface area (Å²) < 4.78 is 20.9. The zero-order valence-corrected chi connectivity index (χ0v) is 18.2. The normalized spacial score (nSPS) is 15.4. The molecular formula is C23H28FN5O2. The second-order valence-electron chi connectivity index (χ2n) is 8.80. The molecule has 1 saturated heterocycles. The number of rotatable bonds is 5. The highest BCUT2D eigenvalue weighted by molar-refractivity contribution is 5.94. The largest absolute Gasteiger partial charge is 0.379 e. The number of aromatic nitrogens is 3. The molecular weight excluding hydrogens is 397 g/mol. The van der Waals surface area contributed by atoms with E-state index in [4.69, 9.17) is 9.84 Å². The topological polar surface area (TPSA) is 71.8 Å². The Hall–Kier alpha value is -2.84. The van der Waals surface area contributed by atoms with Crippen LogP contribution in [0, 0.1) is 5.82 Å². The van der Waals surface area contributed by atoms with Crippen molar-refractivity contribution >= 4 is 11.6 Å². The molecule has 0 bridgehead atoms. The minimum Gasteiger partial charge on any atom is -0.379 e. The number of nitrogens with one attached hydrogen (secondary N) is 1. The number of hydrogen-bond donors (Lipinski definition) is 1. The summed E-state index contributed by atoms with van der Waals surface area (Å²) in [4.78, 5) is 19.7. The molecule has 0 aliphatic carbocycles. The van der Waals surface area contributed by atoms with Crippen molar-refractivity contribution < 1.29 is 13.9 Å². The van der Waals surface area contributed by atoms with Gasteiger partial charge in [0.15, 0.2) is 5.65 Å². The van der Waals surface area contributed by atoms with Crippen molar-refractivity contribution in [3.63, 3.8) is 0 Å². The molecule has 3 aromatic rings. The highest BCUT2D eigenvalue weighted by Crippen LogP contribution is 2.26. The first kappa shape index (κ1) is 21.4. The number of benzene rings is 1. The van der Waals surface area contributed by atoms with Gasteiger partial charge in [0, 0.05) is 43.2 Å². The van der Waals surface area contributed by atoms with Gasteiger partial charge in [0.05, 0.1) is 24.6 Å². The van der Waals surface area contributed by atoms with Crippen LogP contribution in [0.3, 0.4) is 0 Å². The Morgan fingerprint density at radius 1 is 1.19 bits per heavy atom. The first-order valence-corrected chi connectivity index (χ1v) is 10.6. The molecule has 8 heteroatoms. The van der Waals surface area contributed by atoms with E-state index in [1.54, 1.807) is 22.7 Å². The van der Waals surface area contributed by atoms with Crippen LogP contribution in [0.25, 0.3) is 16.9 Å². The first-order chi connectivity index (χ1) is 14.8. The van der Waals surface area contributed by atoms with Crippen LogP contribution in [-0.4, -0.2) is 64.8 Å². The number of fused-ring (bicyclic) bond motifs is 1. The lowest BCUT2D eigenvalue weighted by molar-refractivity contribution is 0.0383. The van der Waals surface area contributed by atoms with E-state index in [0.717, 1.165) is 38.5 Å². The van der Waals surface area contributed by atoms with E-state index in [1.807, 2.05) is 6.07 Å². The predicted octanol–water partition coefficient (Wildman–Crippen LogP) is 2.89. The SMILES string of the molecule is CC(C)(C)c1cc2nc(C(=O)NCCN3CCOCC3)cc(-c3cccc(F)c3)n2n1. The smallest absolute Gasteiger partial charge is 0.270 e. The Kier molecular flexibility index (Phi) is 6.02. The molecule has 1 amide bonds. The van der Waals surface area contributed by atoms with E-state index >= 15 is 0 Å². The van der Waals surface area contributed by atoms with Gasteiger partial charge >= 0.3 is 0 Å². The lowest BCUT2D eigenvalue weighted by atomic mass is 9.93. The number of ether oxygens (including phenoxy) is 1. The van der Waals surface area contributed by atoms with E-state index in [0.29, 0.717) is 23.4 Å². The van der Waals surface area contributed by atoms with Crippen molar-refractivity contribution in [3.05, 3.63) is 53.6 Å². The minimum atomic E-state index is -0.345. The molecule has 3 heterocycles. The van der Waals surface area contributed by atoms with E-state index in [-0.39, 0.29) is 22.8 Å². The third-order valence-electron chi connectivity index (χ3n) is 5.37. The number of nitrogens with zero attached hydrogens (tertiary/aromatic N) is 4. The maximum Gasteiger partial charge on any atom is 0.270 e. The van der Waals surface area contributed by atoms with Gasteiger partial charge in [-0.15, -0.1) is 0 Å². The average molecular weight is 426 g/mol. The van der Waals surface area contributed by atoms with Gasteiger partial charge in [0.2, 0.25) is 0 Å². The van der Waals surface area contributed by atoms with E-state index in [1.165, 1.54) is 12.1 Å². The molecule has 0 unspecified atom stereocenters. The molecule has 1 aromatic carbocycles. The lowest BCUT2D eigenvalue weighted by Crippen LogP contribution is -2.41. The summed E-state index contributed by atoms with van der Waals surface area (Å²) >= 11 is 0. The third kappa shape index (κ3) is 4.91. The molecule has 164 valence electrons. The average Bonchev–Trinajstić information content (AvgIpc) is 3.18. The number of halogens is 1. The Morgan fingerprint density at radius 3 is 2.68 bits per heavy atom. The van der Waals surface area contributed by atoms with E-state index in [2.05, 4.69) is 36.0 Å². The van der Waals surface area contributed by atoms with Gasteiger partial charge in [0.25, 0.3) is 5.91 Å². The summed E-state index contributed by atoms with van der Waals surface area (Å²) in [5, 5.41) is 7.65. The second-order valence-corrected chi connectivity index (χ2v) is 8.80. The van der Waals surface area contributed by atoms with Crippen molar-refractivity contribution in [2.75, 3.05) is 39.4 Å². The van der Waals surface area contributed by atoms with Crippen molar-refractivity contribution in [1.82, 2.24) is 24.8 Å². The highest BCUT2D eigenvalue weighted by atomic mass is 19.1. The highest BCUT2D eigenvalue weighted by Gasteiger charge is 2.21. The fourth-order valence-corrected chi connectivity index (χ4v) is 3.55. The van der Waals surface area contributed by atoms with Crippen molar-refractivity contribution in [2.24, 2.45) is 0 Å². The molecule has 0 saturated carbocycles. The molecule has 1 aliphatic rings. The molecule has 7 nitrogen and oxygen atoms in total. The zero-order valence-electron chi connectivity index (χ0n) is 18.2. The Balaban J connectivity index is 1.64. The van der Waals surface area contributed by atoms with E-state index in [9.17, 15) is 9.18 Å². The van der Waals surface area contributed by atoms with Gasteiger partial charge in [-0.05, 0) is 18.2 Å². The van der Waals surface area contributed by atoms with Crippen LogP contribution >= 0.6 is 0 Å². The molecule has 1 N–H and O–H groups in total. The molecule has 2 aromatic heterocycles. The zero-order chi connectivity index (χ0) is 22.0. The summed E-state index contributed by atoms with van der Waals surface area (Å²) in [5.74, 6) is -0.603. The van der Waals surface area contributed by atoms with Crippen molar-refractivity contribution in [1.29, 1.82) is 0 Å². The second kappa shape index (κ2) is 8.72. The minimum absolute atomic E-state index is 0.187. The van der Waals surface area contributed by atoms with Crippen LogP contribution in [0.15, 0.2) is 36.4 Å². The van der Waals surface area contributed by atoms with Gasteiger partial charge in [-0.2, -0.15) is 5.10 Å². The van der Waals surface area contributed by atoms with Crippen LogP contribution in [0.1, 0.15) is 37.0 Å². The quantitative estimate of drug-likeness (QED) is 0.681. The Labute approximate surface area is 181 Å². The molecule has 0 atom stereocenters. The number of carbonyl (C=O) groups is 1. The first-order valence-electron chi connectivity index (χ1n) is 10.6. The number of amides is 1. The molecule has 1 fully saturated rings. The van der Waals surface area contributed by atoms with Gasteiger partial charge < -0.3 is 10.1 Å². The molecule has 1 aliphatic heterocycles. The third-order valence-corrected chi connectivity index (χ3v) is 5.37. The maximum absolute atomic E-state index is 13.9. The molecule has 4 rings (SSSR count). The van der Waals surface area contributed by atoms with Crippen LogP contribution in [0.2, 0.25) is 0 Å². The fraction of sp³-hybridized carbons (Fsp3) is 0.435. The Morgan fingerprint density at radius 2 is 1.97 bits per heavy atom. The number of morpholine rings is 1. The van der Waals surface area contributed by atoms with Crippen LogP contribution in [0.5, 0.6) is 0 Å². The number of carbonyl (C=O) groups excluding carboxylic acids is 1. The summed E-state index contributed by atoms with van der Waals surface area (Å²) in [6.45, 7) is 10.7. The summed E-state index contributed by atoms with van der Waals surface area (Å²) in [6.07, 6.45) is 0. The van der Waals surface area contributed by atoms with Crippen LogP contribution in [-0.2, 0) is 10.2 Å². The Bertz CT molecular complexity index is 1080. The molecule has 0 spiro atoms. The summed E-state index contributed by atoms with van der Waals surface area (Å²) in [5.41, 5.74) is 2.77. The van der Waals surface area contributed by atoms with Gasteiger partial charge in [-0.3, -0.25) is 9.69 Å².